The maximum atomic E-state index is 3.43. The van der Waals surface area contributed by atoms with E-state index in [1.165, 1.54) is 37.0 Å². The predicted octanol–water partition coefficient (Wildman–Crippen LogP) is 7.22. The van der Waals surface area contributed by atoms with Crippen LogP contribution in [0.15, 0.2) is 84.9 Å². The van der Waals surface area contributed by atoms with E-state index < -0.39 is 0 Å². The second kappa shape index (κ2) is 6.32. The number of benzene rings is 3. The molecule has 124 valence electrons. The number of thiophene rings is 1. The lowest BCUT2D eigenvalue weighted by Gasteiger charge is -1.98. The number of hydrogen-bond donors (Lipinski definition) is 1. The van der Waals surface area contributed by atoms with Gasteiger partial charge in [-0.15, -0.1) is 11.3 Å². The van der Waals surface area contributed by atoms with E-state index in [-0.39, 0.29) is 0 Å². The van der Waals surface area contributed by atoms with Gasteiger partial charge in [0.25, 0.3) is 0 Å². The second-order valence-electron chi connectivity index (χ2n) is 6.42. The Labute approximate surface area is 156 Å². The van der Waals surface area contributed by atoms with E-state index in [1.54, 1.807) is 0 Å². The van der Waals surface area contributed by atoms with Gasteiger partial charge in [-0.25, -0.2) is 0 Å². The topological polar surface area (TPSA) is 15.8 Å². The van der Waals surface area contributed by atoms with Crippen molar-refractivity contribution in [3.63, 3.8) is 0 Å². The highest BCUT2D eigenvalue weighted by Crippen LogP contribution is 2.33. The van der Waals surface area contributed by atoms with Crippen molar-refractivity contribution in [1.82, 2.24) is 4.98 Å². The molecule has 5 aromatic rings. The molecule has 0 saturated heterocycles. The van der Waals surface area contributed by atoms with Crippen LogP contribution in [0.25, 0.3) is 43.6 Å². The Morgan fingerprint density at radius 3 is 2.27 bits per heavy atom. The molecule has 0 saturated carbocycles. The van der Waals surface area contributed by atoms with E-state index in [0.29, 0.717) is 0 Å². The third-order valence-corrected chi connectivity index (χ3v) is 5.79. The van der Waals surface area contributed by atoms with Crippen molar-refractivity contribution in [2.24, 2.45) is 0 Å². The first-order valence-corrected chi connectivity index (χ1v) is 9.52. The molecule has 0 bridgehead atoms. The lowest BCUT2D eigenvalue weighted by Crippen LogP contribution is -1.75. The monoisotopic (exact) mass is 351 g/mol. The third-order valence-electron chi connectivity index (χ3n) is 4.63. The van der Waals surface area contributed by atoms with Crippen LogP contribution in [0.3, 0.4) is 0 Å². The maximum absolute atomic E-state index is 3.43. The lowest BCUT2D eigenvalue weighted by molar-refractivity contribution is 1.43. The zero-order valence-electron chi connectivity index (χ0n) is 14.1. The van der Waals surface area contributed by atoms with Crippen LogP contribution in [0.4, 0.5) is 0 Å². The average molecular weight is 351 g/mol. The number of aromatic amines is 1. The summed E-state index contributed by atoms with van der Waals surface area (Å²) < 4.78 is 1.34. The molecule has 1 N–H and O–H groups in total. The summed E-state index contributed by atoms with van der Waals surface area (Å²) in [4.78, 5) is 4.75. The largest absolute Gasteiger partial charge is 0.355 e. The van der Waals surface area contributed by atoms with Crippen molar-refractivity contribution in [2.45, 2.75) is 0 Å². The highest BCUT2D eigenvalue weighted by molar-refractivity contribution is 7.22. The van der Waals surface area contributed by atoms with E-state index in [0.717, 1.165) is 5.69 Å². The first-order chi connectivity index (χ1) is 12.8. The molecule has 0 spiro atoms. The molecule has 0 amide bonds. The standard InChI is InChI=1S/C24H17NS/c1-3-7-22-19(5-1)15-21(25-22)14-11-17-9-12-18(13-10-17)24-16-20-6-2-4-8-23(20)26-24/h1-16,25H. The maximum Gasteiger partial charge on any atom is 0.0458 e. The molecule has 2 heteroatoms. The second-order valence-corrected chi connectivity index (χ2v) is 7.50. The van der Waals surface area contributed by atoms with Crippen molar-refractivity contribution < 1.29 is 0 Å². The fourth-order valence-corrected chi connectivity index (χ4v) is 4.32. The van der Waals surface area contributed by atoms with Crippen molar-refractivity contribution >= 4 is 44.5 Å². The molecule has 26 heavy (non-hydrogen) atoms. The molecular weight excluding hydrogens is 334 g/mol. The summed E-state index contributed by atoms with van der Waals surface area (Å²) in [7, 11) is 0. The van der Waals surface area contributed by atoms with Gasteiger partial charge in [-0.2, -0.15) is 0 Å². The fraction of sp³-hybridized carbons (Fsp3) is 0. The zero-order valence-corrected chi connectivity index (χ0v) is 15.0. The molecule has 5 rings (SSSR count). The normalized spacial score (nSPS) is 11.7. The molecule has 2 heterocycles. The molecule has 0 atom stereocenters. The van der Waals surface area contributed by atoms with Gasteiger partial charge in [0.15, 0.2) is 0 Å². The van der Waals surface area contributed by atoms with E-state index in [9.17, 15) is 0 Å². The van der Waals surface area contributed by atoms with Gasteiger partial charge in [0.2, 0.25) is 0 Å². The van der Waals surface area contributed by atoms with Crippen molar-refractivity contribution in [3.8, 4) is 10.4 Å². The minimum atomic E-state index is 1.12. The van der Waals surface area contributed by atoms with Gasteiger partial charge in [-0.1, -0.05) is 66.7 Å². The van der Waals surface area contributed by atoms with Gasteiger partial charge >= 0.3 is 0 Å². The molecule has 3 aromatic carbocycles. The Morgan fingerprint density at radius 2 is 1.46 bits per heavy atom. The van der Waals surface area contributed by atoms with Gasteiger partial charge in [-0.3, -0.25) is 0 Å². The van der Waals surface area contributed by atoms with Gasteiger partial charge in [0, 0.05) is 20.8 Å². The van der Waals surface area contributed by atoms with Crippen LogP contribution >= 0.6 is 11.3 Å². The van der Waals surface area contributed by atoms with Crippen LogP contribution in [0, 0.1) is 0 Å². The molecule has 0 radical (unpaired) electrons. The van der Waals surface area contributed by atoms with Crippen LogP contribution < -0.4 is 0 Å². The Balaban J connectivity index is 1.40. The smallest absolute Gasteiger partial charge is 0.0458 e. The number of aromatic nitrogens is 1. The number of hydrogen-bond acceptors (Lipinski definition) is 1. The quantitative estimate of drug-likeness (QED) is 0.353. The summed E-state index contributed by atoms with van der Waals surface area (Å²) in [5.74, 6) is 0. The fourth-order valence-electron chi connectivity index (χ4n) is 3.25. The molecule has 1 nitrogen and oxygen atoms in total. The Kier molecular flexibility index (Phi) is 3.69. The molecular formula is C24H17NS. The molecule has 2 aromatic heterocycles. The van der Waals surface area contributed by atoms with E-state index >= 15 is 0 Å². The van der Waals surface area contributed by atoms with E-state index in [1.807, 2.05) is 11.3 Å². The highest BCUT2D eigenvalue weighted by Gasteiger charge is 2.03. The van der Waals surface area contributed by atoms with Crippen LogP contribution in [-0.4, -0.2) is 4.98 Å². The van der Waals surface area contributed by atoms with Crippen molar-refractivity contribution in [3.05, 3.63) is 96.2 Å². The number of rotatable bonds is 3. The number of H-pyrrole nitrogens is 1. The first kappa shape index (κ1) is 15.2. The predicted molar refractivity (Wildman–Crippen MR) is 114 cm³/mol. The Hall–Kier alpha value is -3.10. The minimum Gasteiger partial charge on any atom is -0.355 e. The third kappa shape index (κ3) is 2.85. The average Bonchev–Trinajstić information content (AvgIpc) is 3.30. The van der Waals surface area contributed by atoms with Crippen molar-refractivity contribution in [1.29, 1.82) is 0 Å². The zero-order chi connectivity index (χ0) is 17.3. The van der Waals surface area contributed by atoms with E-state index in [4.69, 9.17) is 0 Å². The van der Waals surface area contributed by atoms with Crippen molar-refractivity contribution in [2.75, 3.05) is 0 Å². The van der Waals surface area contributed by atoms with Crippen LogP contribution in [0.5, 0.6) is 0 Å². The number of nitrogens with one attached hydrogen (secondary N) is 1. The first-order valence-electron chi connectivity index (χ1n) is 8.70. The molecule has 0 aliphatic rings. The van der Waals surface area contributed by atoms with E-state index in [2.05, 4.69) is 102 Å². The lowest BCUT2D eigenvalue weighted by atomic mass is 10.1. The summed E-state index contributed by atoms with van der Waals surface area (Å²) in [5.41, 5.74) is 4.77. The van der Waals surface area contributed by atoms with Gasteiger partial charge < -0.3 is 4.98 Å². The van der Waals surface area contributed by atoms with Gasteiger partial charge in [0.1, 0.15) is 0 Å². The minimum absolute atomic E-state index is 1.12. The Morgan fingerprint density at radius 1 is 0.692 bits per heavy atom. The van der Waals surface area contributed by atoms with Gasteiger partial charge in [0.05, 0.1) is 0 Å². The van der Waals surface area contributed by atoms with Crippen LogP contribution in [-0.2, 0) is 0 Å². The SMILES string of the molecule is C(=Cc1cc2ccccc2[nH]1)c1ccc(-c2cc3ccccc3s2)cc1. The summed E-state index contributed by atoms with van der Waals surface area (Å²) >= 11 is 1.85. The number of para-hydroxylation sites is 1. The summed E-state index contributed by atoms with van der Waals surface area (Å²) in [5, 5.41) is 2.56. The molecule has 0 aliphatic heterocycles. The van der Waals surface area contributed by atoms with Crippen LogP contribution in [0.2, 0.25) is 0 Å². The van der Waals surface area contributed by atoms with Gasteiger partial charge in [-0.05, 0) is 52.2 Å². The Bertz CT molecular complexity index is 1160. The molecule has 0 fully saturated rings. The van der Waals surface area contributed by atoms with Crippen LogP contribution in [0.1, 0.15) is 11.3 Å². The summed E-state index contributed by atoms with van der Waals surface area (Å²) in [6, 6.07) is 30.1. The summed E-state index contributed by atoms with van der Waals surface area (Å²) in [6.45, 7) is 0. The number of fused-ring (bicyclic) bond motifs is 2. The highest BCUT2D eigenvalue weighted by atomic mass is 32.1. The molecule has 0 aliphatic carbocycles. The summed E-state index contributed by atoms with van der Waals surface area (Å²) in [6.07, 6.45) is 4.29. The molecule has 0 unspecified atom stereocenters.